The van der Waals surface area contributed by atoms with E-state index in [9.17, 15) is 4.79 Å². The SMILES string of the molecule is CNC1(C)CCN(C(=O)CC2CCCCCC2)CC1. The lowest BCUT2D eigenvalue weighted by atomic mass is 9.89. The lowest BCUT2D eigenvalue weighted by Gasteiger charge is -2.39. The molecule has 110 valence electrons. The Morgan fingerprint density at radius 2 is 1.74 bits per heavy atom. The third-order valence-corrected chi connectivity index (χ3v) is 5.26. The van der Waals surface area contributed by atoms with Gasteiger partial charge in [0.1, 0.15) is 0 Å². The fraction of sp³-hybridized carbons (Fsp3) is 0.938. The van der Waals surface area contributed by atoms with Gasteiger partial charge in [0.05, 0.1) is 0 Å². The zero-order valence-electron chi connectivity index (χ0n) is 12.7. The van der Waals surface area contributed by atoms with E-state index in [1.807, 2.05) is 7.05 Å². The van der Waals surface area contributed by atoms with Crippen molar-refractivity contribution in [1.29, 1.82) is 0 Å². The topological polar surface area (TPSA) is 32.3 Å². The monoisotopic (exact) mass is 266 g/mol. The van der Waals surface area contributed by atoms with E-state index in [0.29, 0.717) is 11.8 Å². The summed E-state index contributed by atoms with van der Waals surface area (Å²) in [4.78, 5) is 14.5. The van der Waals surface area contributed by atoms with Gasteiger partial charge in [0.15, 0.2) is 0 Å². The maximum absolute atomic E-state index is 12.4. The minimum Gasteiger partial charge on any atom is -0.343 e. The molecule has 0 bridgehead atoms. The highest BCUT2D eigenvalue weighted by atomic mass is 16.2. The second kappa shape index (κ2) is 6.74. The lowest BCUT2D eigenvalue weighted by Crippen LogP contribution is -2.51. The van der Waals surface area contributed by atoms with Gasteiger partial charge in [0, 0.05) is 25.0 Å². The Morgan fingerprint density at radius 3 is 2.26 bits per heavy atom. The number of carbonyl (C=O) groups is 1. The number of carbonyl (C=O) groups excluding carboxylic acids is 1. The molecule has 1 amide bonds. The van der Waals surface area contributed by atoms with Crippen LogP contribution in [0, 0.1) is 5.92 Å². The molecule has 2 fully saturated rings. The second-order valence-corrected chi connectivity index (χ2v) is 6.75. The number of hydrogen-bond donors (Lipinski definition) is 1. The molecule has 2 aliphatic rings. The van der Waals surface area contributed by atoms with Gasteiger partial charge < -0.3 is 10.2 Å². The minimum atomic E-state index is 0.235. The van der Waals surface area contributed by atoms with Crippen LogP contribution in [-0.4, -0.2) is 36.5 Å². The Bertz CT molecular complexity index is 287. The van der Waals surface area contributed by atoms with Gasteiger partial charge in [0.2, 0.25) is 5.91 Å². The zero-order valence-corrected chi connectivity index (χ0v) is 12.7. The third-order valence-electron chi connectivity index (χ3n) is 5.26. The first kappa shape index (κ1) is 14.8. The van der Waals surface area contributed by atoms with Crippen LogP contribution < -0.4 is 5.32 Å². The summed E-state index contributed by atoms with van der Waals surface area (Å²) in [5, 5.41) is 3.39. The largest absolute Gasteiger partial charge is 0.343 e. The molecule has 0 atom stereocenters. The van der Waals surface area contributed by atoms with Crippen LogP contribution >= 0.6 is 0 Å². The molecular weight excluding hydrogens is 236 g/mol. The van der Waals surface area contributed by atoms with E-state index in [4.69, 9.17) is 0 Å². The normalized spacial score (nSPS) is 25.1. The molecule has 1 saturated carbocycles. The summed E-state index contributed by atoms with van der Waals surface area (Å²) in [6, 6.07) is 0. The van der Waals surface area contributed by atoms with E-state index in [1.54, 1.807) is 0 Å². The number of likely N-dealkylation sites (tertiary alicyclic amines) is 1. The van der Waals surface area contributed by atoms with Crippen LogP contribution in [-0.2, 0) is 4.79 Å². The smallest absolute Gasteiger partial charge is 0.222 e. The van der Waals surface area contributed by atoms with Gasteiger partial charge in [-0.2, -0.15) is 0 Å². The van der Waals surface area contributed by atoms with Crippen molar-refractivity contribution in [2.75, 3.05) is 20.1 Å². The summed E-state index contributed by atoms with van der Waals surface area (Å²) in [6.07, 6.45) is 10.9. The van der Waals surface area contributed by atoms with E-state index >= 15 is 0 Å². The van der Waals surface area contributed by atoms with Gasteiger partial charge in [-0.3, -0.25) is 4.79 Å². The highest BCUT2D eigenvalue weighted by Gasteiger charge is 2.30. The highest BCUT2D eigenvalue weighted by molar-refractivity contribution is 5.76. The Labute approximate surface area is 118 Å². The fourth-order valence-corrected chi connectivity index (χ4v) is 3.44. The molecule has 1 N–H and O–H groups in total. The molecule has 0 unspecified atom stereocenters. The maximum atomic E-state index is 12.4. The third kappa shape index (κ3) is 4.20. The van der Waals surface area contributed by atoms with E-state index < -0.39 is 0 Å². The van der Waals surface area contributed by atoms with Crippen LogP contribution in [0.3, 0.4) is 0 Å². The lowest BCUT2D eigenvalue weighted by molar-refractivity contribution is -0.133. The highest BCUT2D eigenvalue weighted by Crippen LogP contribution is 2.27. The van der Waals surface area contributed by atoms with Crippen molar-refractivity contribution in [3.63, 3.8) is 0 Å². The molecule has 0 aromatic heterocycles. The summed E-state index contributed by atoms with van der Waals surface area (Å²) >= 11 is 0. The molecule has 0 spiro atoms. The van der Waals surface area contributed by atoms with Crippen LogP contribution in [0.15, 0.2) is 0 Å². The van der Waals surface area contributed by atoms with Crippen LogP contribution in [0.4, 0.5) is 0 Å². The van der Waals surface area contributed by atoms with Gasteiger partial charge in [-0.15, -0.1) is 0 Å². The molecule has 3 nitrogen and oxygen atoms in total. The Balaban J connectivity index is 1.77. The predicted molar refractivity (Wildman–Crippen MR) is 79.1 cm³/mol. The summed E-state index contributed by atoms with van der Waals surface area (Å²) in [5.41, 5.74) is 0.235. The average molecular weight is 266 g/mol. The maximum Gasteiger partial charge on any atom is 0.222 e. The summed E-state index contributed by atoms with van der Waals surface area (Å²) in [7, 11) is 2.03. The number of amides is 1. The molecule has 19 heavy (non-hydrogen) atoms. The van der Waals surface area contributed by atoms with E-state index in [0.717, 1.165) is 32.4 Å². The van der Waals surface area contributed by atoms with Gasteiger partial charge in [-0.1, -0.05) is 25.7 Å². The first-order valence-electron chi connectivity index (χ1n) is 8.10. The number of rotatable bonds is 3. The Morgan fingerprint density at radius 1 is 1.16 bits per heavy atom. The van der Waals surface area contributed by atoms with Crippen LogP contribution in [0.25, 0.3) is 0 Å². The average Bonchev–Trinajstić information content (AvgIpc) is 2.68. The number of piperidine rings is 1. The Hall–Kier alpha value is -0.570. The van der Waals surface area contributed by atoms with E-state index in [2.05, 4.69) is 17.1 Å². The molecule has 0 radical (unpaired) electrons. The quantitative estimate of drug-likeness (QED) is 0.797. The first-order chi connectivity index (χ1) is 9.13. The van der Waals surface area contributed by atoms with Crippen molar-refractivity contribution in [2.24, 2.45) is 5.92 Å². The van der Waals surface area contributed by atoms with Crippen molar-refractivity contribution in [3.05, 3.63) is 0 Å². The van der Waals surface area contributed by atoms with Crippen LogP contribution in [0.5, 0.6) is 0 Å². The van der Waals surface area contributed by atoms with Crippen molar-refractivity contribution in [1.82, 2.24) is 10.2 Å². The van der Waals surface area contributed by atoms with Crippen molar-refractivity contribution in [3.8, 4) is 0 Å². The van der Waals surface area contributed by atoms with Gasteiger partial charge in [-0.25, -0.2) is 0 Å². The van der Waals surface area contributed by atoms with Crippen molar-refractivity contribution >= 4 is 5.91 Å². The second-order valence-electron chi connectivity index (χ2n) is 6.75. The number of hydrogen-bond acceptors (Lipinski definition) is 2. The van der Waals surface area contributed by atoms with Crippen LogP contribution in [0.2, 0.25) is 0 Å². The molecule has 1 aliphatic carbocycles. The minimum absolute atomic E-state index is 0.235. The van der Waals surface area contributed by atoms with Crippen molar-refractivity contribution in [2.45, 2.75) is 70.3 Å². The molecule has 0 aromatic rings. The number of nitrogens with zero attached hydrogens (tertiary/aromatic N) is 1. The molecule has 1 aliphatic heterocycles. The predicted octanol–water partition coefficient (Wildman–Crippen LogP) is 2.95. The molecule has 2 rings (SSSR count). The molecule has 1 saturated heterocycles. The molecule has 1 heterocycles. The van der Waals surface area contributed by atoms with Crippen LogP contribution in [0.1, 0.15) is 64.7 Å². The standard InChI is InChI=1S/C16H30N2O/c1-16(17-2)9-11-18(12-10-16)15(19)13-14-7-5-3-4-6-8-14/h14,17H,3-13H2,1-2H3. The van der Waals surface area contributed by atoms with Gasteiger partial charge in [0.25, 0.3) is 0 Å². The van der Waals surface area contributed by atoms with E-state index in [1.165, 1.54) is 38.5 Å². The molecular formula is C16H30N2O. The summed E-state index contributed by atoms with van der Waals surface area (Å²) in [5.74, 6) is 1.07. The molecule has 0 aromatic carbocycles. The van der Waals surface area contributed by atoms with Crippen molar-refractivity contribution < 1.29 is 4.79 Å². The number of nitrogens with one attached hydrogen (secondary N) is 1. The summed E-state index contributed by atoms with van der Waals surface area (Å²) < 4.78 is 0. The first-order valence-corrected chi connectivity index (χ1v) is 8.10. The van der Waals surface area contributed by atoms with E-state index in [-0.39, 0.29) is 5.54 Å². The summed E-state index contributed by atoms with van der Waals surface area (Å²) in [6.45, 7) is 4.13. The Kier molecular flexibility index (Phi) is 5.26. The zero-order chi connectivity index (χ0) is 13.7. The van der Waals surface area contributed by atoms with Gasteiger partial charge in [-0.05, 0) is 45.6 Å². The molecule has 3 heteroatoms. The van der Waals surface area contributed by atoms with Gasteiger partial charge >= 0.3 is 0 Å². The fourth-order valence-electron chi connectivity index (χ4n) is 3.44.